The predicted molar refractivity (Wildman–Crippen MR) is 121 cm³/mol. The largest absolute Gasteiger partial charge is 0.484 e. The van der Waals surface area contributed by atoms with Gasteiger partial charge in [0.2, 0.25) is 0 Å². The summed E-state index contributed by atoms with van der Waals surface area (Å²) in [6.07, 6.45) is 1.51. The SMILES string of the molecule is O=C(COc1ccc(Cl)cc1)NC(=S)Nc1ccc(S(=O)(=O)Nc2nccs2)cc1. The minimum atomic E-state index is -3.74. The molecule has 30 heavy (non-hydrogen) atoms. The number of thiocarbonyl (C=S) groups is 1. The molecule has 2 aromatic carbocycles. The molecule has 3 rings (SSSR count). The van der Waals surface area contributed by atoms with Crippen molar-refractivity contribution in [2.45, 2.75) is 4.90 Å². The first-order valence-electron chi connectivity index (χ1n) is 8.33. The first-order chi connectivity index (χ1) is 14.3. The zero-order valence-electron chi connectivity index (χ0n) is 15.2. The van der Waals surface area contributed by atoms with Crippen LogP contribution in [0.3, 0.4) is 0 Å². The van der Waals surface area contributed by atoms with Crippen molar-refractivity contribution in [3.05, 3.63) is 65.1 Å². The molecule has 0 unspecified atom stereocenters. The molecule has 0 bridgehead atoms. The summed E-state index contributed by atoms with van der Waals surface area (Å²) in [4.78, 5) is 15.9. The van der Waals surface area contributed by atoms with Gasteiger partial charge >= 0.3 is 0 Å². The van der Waals surface area contributed by atoms with E-state index in [4.69, 9.17) is 28.6 Å². The van der Waals surface area contributed by atoms with Gasteiger partial charge in [-0.25, -0.2) is 13.4 Å². The summed E-state index contributed by atoms with van der Waals surface area (Å²) < 4.78 is 32.4. The standard InChI is InChI=1S/C18H15ClN4O4S3/c19-12-1-5-14(6-2-12)27-11-16(24)22-17(28)21-13-3-7-15(8-4-13)30(25,26)23-18-20-9-10-29-18/h1-10H,11H2,(H,20,23)(H2,21,22,24,28). The van der Waals surface area contributed by atoms with Gasteiger partial charge in [0, 0.05) is 22.3 Å². The predicted octanol–water partition coefficient (Wildman–Crippen LogP) is 3.49. The summed E-state index contributed by atoms with van der Waals surface area (Å²) in [6.45, 7) is -0.233. The van der Waals surface area contributed by atoms with Crippen LogP contribution < -0.4 is 20.1 Å². The number of nitrogens with one attached hydrogen (secondary N) is 3. The number of anilines is 2. The molecule has 3 N–H and O–H groups in total. The van der Waals surface area contributed by atoms with Gasteiger partial charge in [0.1, 0.15) is 5.75 Å². The van der Waals surface area contributed by atoms with Crippen molar-refractivity contribution in [3.63, 3.8) is 0 Å². The van der Waals surface area contributed by atoms with Crippen molar-refractivity contribution in [3.8, 4) is 5.75 Å². The van der Waals surface area contributed by atoms with Crippen molar-refractivity contribution in [1.82, 2.24) is 10.3 Å². The molecule has 3 aromatic rings. The highest BCUT2D eigenvalue weighted by Crippen LogP contribution is 2.19. The number of benzene rings is 2. The van der Waals surface area contributed by atoms with E-state index in [1.165, 1.54) is 41.8 Å². The second kappa shape index (κ2) is 9.85. The molecule has 8 nitrogen and oxygen atoms in total. The second-order valence-electron chi connectivity index (χ2n) is 5.71. The van der Waals surface area contributed by atoms with Crippen molar-refractivity contribution >= 4 is 67.0 Å². The molecule has 0 aliphatic carbocycles. The number of hydrogen-bond donors (Lipinski definition) is 3. The third kappa shape index (κ3) is 6.39. The Morgan fingerprint density at radius 3 is 2.47 bits per heavy atom. The number of nitrogens with zero attached hydrogens (tertiary/aromatic N) is 1. The summed E-state index contributed by atoms with van der Waals surface area (Å²) in [5.41, 5.74) is 0.507. The number of rotatable bonds is 7. The maximum Gasteiger partial charge on any atom is 0.264 e. The van der Waals surface area contributed by atoms with E-state index in [1.807, 2.05) is 0 Å². The fourth-order valence-corrected chi connectivity index (χ4v) is 4.32. The van der Waals surface area contributed by atoms with E-state index >= 15 is 0 Å². The van der Waals surface area contributed by atoms with Gasteiger partial charge in [-0.3, -0.25) is 14.8 Å². The van der Waals surface area contributed by atoms with E-state index in [-0.39, 0.29) is 21.7 Å². The number of ether oxygens (including phenoxy) is 1. The van der Waals surface area contributed by atoms with Gasteiger partial charge in [-0.1, -0.05) is 11.6 Å². The molecule has 0 aliphatic rings. The van der Waals surface area contributed by atoms with Crippen LogP contribution in [0.1, 0.15) is 0 Å². The highest BCUT2D eigenvalue weighted by molar-refractivity contribution is 7.93. The number of thiazole rings is 1. The average Bonchev–Trinajstić information content (AvgIpc) is 3.20. The normalized spacial score (nSPS) is 10.8. The van der Waals surface area contributed by atoms with Crippen LogP contribution in [0, 0.1) is 0 Å². The lowest BCUT2D eigenvalue weighted by Gasteiger charge is -2.11. The zero-order valence-corrected chi connectivity index (χ0v) is 18.4. The molecular weight excluding hydrogens is 468 g/mol. The van der Waals surface area contributed by atoms with Crippen LogP contribution in [0.4, 0.5) is 10.8 Å². The maximum atomic E-state index is 12.3. The van der Waals surface area contributed by atoms with Gasteiger partial charge in [0.05, 0.1) is 4.90 Å². The van der Waals surface area contributed by atoms with Crippen molar-refractivity contribution in [1.29, 1.82) is 0 Å². The Hall–Kier alpha value is -2.73. The Morgan fingerprint density at radius 1 is 1.13 bits per heavy atom. The third-order valence-corrected chi connectivity index (χ3v) is 6.14. The molecular formula is C18H15ClN4O4S3. The van der Waals surface area contributed by atoms with E-state index in [0.29, 0.717) is 16.5 Å². The summed E-state index contributed by atoms with van der Waals surface area (Å²) in [6, 6.07) is 12.5. The number of carbonyl (C=O) groups is 1. The number of amides is 1. The molecule has 1 aromatic heterocycles. The highest BCUT2D eigenvalue weighted by atomic mass is 35.5. The van der Waals surface area contributed by atoms with Crippen LogP contribution in [0.25, 0.3) is 0 Å². The number of halogens is 1. The lowest BCUT2D eigenvalue weighted by Crippen LogP contribution is -2.37. The molecule has 0 atom stereocenters. The lowest BCUT2D eigenvalue weighted by molar-refractivity contribution is -0.121. The minimum absolute atomic E-state index is 0.0521. The Balaban J connectivity index is 1.50. The molecule has 0 spiro atoms. The summed E-state index contributed by atoms with van der Waals surface area (Å²) in [5.74, 6) is 0.0471. The minimum Gasteiger partial charge on any atom is -0.484 e. The average molecular weight is 483 g/mol. The van der Waals surface area contributed by atoms with Crippen molar-refractivity contribution < 1.29 is 17.9 Å². The topological polar surface area (TPSA) is 109 Å². The molecule has 0 fully saturated rings. The zero-order chi connectivity index (χ0) is 21.6. The van der Waals surface area contributed by atoms with Gasteiger partial charge < -0.3 is 10.1 Å². The molecule has 0 saturated heterocycles. The van der Waals surface area contributed by atoms with Crippen molar-refractivity contribution in [2.75, 3.05) is 16.6 Å². The summed E-state index contributed by atoms with van der Waals surface area (Å²) in [5, 5.41) is 7.84. The molecule has 12 heteroatoms. The van der Waals surface area contributed by atoms with Crippen LogP contribution in [-0.4, -0.2) is 31.0 Å². The van der Waals surface area contributed by atoms with Crippen LogP contribution in [0.2, 0.25) is 5.02 Å². The Bertz CT molecular complexity index is 1120. The molecule has 0 saturated carbocycles. The monoisotopic (exact) mass is 482 g/mol. The summed E-state index contributed by atoms with van der Waals surface area (Å²) in [7, 11) is -3.74. The van der Waals surface area contributed by atoms with E-state index < -0.39 is 15.9 Å². The Kier molecular flexibility index (Phi) is 7.21. The van der Waals surface area contributed by atoms with Crippen LogP contribution >= 0.6 is 35.2 Å². The fraction of sp³-hybridized carbons (Fsp3) is 0.0556. The first-order valence-corrected chi connectivity index (χ1v) is 11.5. The van der Waals surface area contributed by atoms with Gasteiger partial charge in [0.25, 0.3) is 15.9 Å². The van der Waals surface area contributed by atoms with E-state index in [0.717, 1.165) is 0 Å². The smallest absolute Gasteiger partial charge is 0.264 e. The van der Waals surface area contributed by atoms with E-state index in [9.17, 15) is 13.2 Å². The van der Waals surface area contributed by atoms with E-state index in [2.05, 4.69) is 20.3 Å². The Morgan fingerprint density at radius 2 is 1.83 bits per heavy atom. The highest BCUT2D eigenvalue weighted by Gasteiger charge is 2.15. The van der Waals surface area contributed by atoms with Gasteiger partial charge in [0.15, 0.2) is 16.9 Å². The Labute approximate surface area is 187 Å². The van der Waals surface area contributed by atoms with Gasteiger partial charge in [-0.15, -0.1) is 11.3 Å². The van der Waals surface area contributed by atoms with Gasteiger partial charge in [-0.05, 0) is 60.7 Å². The quantitative estimate of drug-likeness (QED) is 0.442. The van der Waals surface area contributed by atoms with Gasteiger partial charge in [-0.2, -0.15) is 0 Å². The van der Waals surface area contributed by atoms with Crippen LogP contribution in [0.15, 0.2) is 65.0 Å². The van der Waals surface area contributed by atoms with Crippen LogP contribution in [-0.2, 0) is 14.8 Å². The number of sulfonamides is 1. The maximum absolute atomic E-state index is 12.3. The van der Waals surface area contributed by atoms with Crippen molar-refractivity contribution in [2.24, 2.45) is 0 Å². The number of aromatic nitrogens is 1. The first kappa shape index (κ1) is 22.0. The molecule has 0 aliphatic heterocycles. The molecule has 156 valence electrons. The van der Waals surface area contributed by atoms with E-state index in [1.54, 1.807) is 29.6 Å². The second-order valence-corrected chi connectivity index (χ2v) is 9.13. The fourth-order valence-electron chi connectivity index (χ4n) is 2.17. The third-order valence-electron chi connectivity index (χ3n) is 3.51. The number of hydrogen-bond acceptors (Lipinski definition) is 7. The molecule has 1 heterocycles. The molecule has 0 radical (unpaired) electrons. The lowest BCUT2D eigenvalue weighted by atomic mass is 10.3. The number of carbonyl (C=O) groups excluding carboxylic acids is 1. The molecule has 1 amide bonds. The summed E-state index contributed by atoms with van der Waals surface area (Å²) >= 11 is 12.1. The van der Waals surface area contributed by atoms with Crippen LogP contribution in [0.5, 0.6) is 5.75 Å².